The molecular weight excluding hydrogens is 298 g/mol. The maximum absolute atomic E-state index is 12.5. The van der Waals surface area contributed by atoms with E-state index in [1.807, 2.05) is 18.2 Å². The number of rotatable bonds is 4. The van der Waals surface area contributed by atoms with Crippen LogP contribution in [0.1, 0.15) is 22.8 Å². The number of ether oxygens (including phenoxy) is 1. The highest BCUT2D eigenvalue weighted by molar-refractivity contribution is 6.30. The van der Waals surface area contributed by atoms with Crippen molar-refractivity contribution in [2.75, 3.05) is 7.11 Å². The van der Waals surface area contributed by atoms with Gasteiger partial charge in [-0.1, -0.05) is 23.7 Å². The normalized spacial score (nSPS) is 11.4. The minimum atomic E-state index is -0.313. The minimum absolute atomic E-state index is 0.118. The summed E-state index contributed by atoms with van der Waals surface area (Å²) in [5.74, 6) is 0.409. The summed E-state index contributed by atoms with van der Waals surface area (Å²) in [7, 11) is 1.59. The standard InChI is InChI=1S/C18H14ClNO2/c1-12(13-5-9-16(22-2)10-6-13)17(11-20)18(21)14-3-7-15(19)8-4-14/h3-10H,1-2H3/b17-12-. The lowest BCUT2D eigenvalue weighted by molar-refractivity contribution is 0.103. The lowest BCUT2D eigenvalue weighted by atomic mass is 9.96. The predicted octanol–water partition coefficient (Wildman–Crippen LogP) is 4.53. The second-order valence-corrected chi connectivity index (χ2v) is 5.11. The van der Waals surface area contributed by atoms with Gasteiger partial charge < -0.3 is 4.74 Å². The van der Waals surface area contributed by atoms with E-state index in [1.54, 1.807) is 50.4 Å². The fourth-order valence-corrected chi connectivity index (χ4v) is 2.16. The molecule has 0 unspecified atom stereocenters. The van der Waals surface area contributed by atoms with Crippen LogP contribution in [0.4, 0.5) is 0 Å². The van der Waals surface area contributed by atoms with Gasteiger partial charge in [-0.15, -0.1) is 0 Å². The summed E-state index contributed by atoms with van der Waals surface area (Å²) in [4.78, 5) is 12.5. The lowest BCUT2D eigenvalue weighted by Crippen LogP contribution is -2.04. The Hall–Kier alpha value is -2.57. The van der Waals surface area contributed by atoms with Crippen molar-refractivity contribution in [3.63, 3.8) is 0 Å². The van der Waals surface area contributed by atoms with E-state index in [2.05, 4.69) is 0 Å². The summed E-state index contributed by atoms with van der Waals surface area (Å²) in [6.07, 6.45) is 0. The first kappa shape index (κ1) is 15.8. The molecule has 0 aromatic heterocycles. The van der Waals surface area contributed by atoms with E-state index in [-0.39, 0.29) is 11.4 Å². The number of carbonyl (C=O) groups is 1. The molecule has 0 aliphatic carbocycles. The van der Waals surface area contributed by atoms with Gasteiger partial charge in [-0.25, -0.2) is 0 Å². The molecule has 0 aliphatic rings. The molecule has 0 radical (unpaired) electrons. The van der Waals surface area contributed by atoms with E-state index < -0.39 is 0 Å². The molecule has 0 N–H and O–H groups in total. The number of halogens is 1. The molecule has 22 heavy (non-hydrogen) atoms. The number of benzene rings is 2. The molecule has 0 amide bonds. The van der Waals surface area contributed by atoms with Gasteiger partial charge in [0.05, 0.1) is 7.11 Å². The molecule has 0 atom stereocenters. The first-order valence-electron chi connectivity index (χ1n) is 6.62. The number of hydrogen-bond donors (Lipinski definition) is 0. The van der Waals surface area contributed by atoms with Gasteiger partial charge in [0.25, 0.3) is 0 Å². The van der Waals surface area contributed by atoms with Crippen molar-refractivity contribution in [1.82, 2.24) is 0 Å². The Labute approximate surface area is 134 Å². The van der Waals surface area contributed by atoms with Crippen LogP contribution in [0.3, 0.4) is 0 Å². The van der Waals surface area contributed by atoms with Gasteiger partial charge in [-0.05, 0) is 54.5 Å². The largest absolute Gasteiger partial charge is 0.497 e. The first-order chi connectivity index (χ1) is 10.6. The average Bonchev–Trinajstić information content (AvgIpc) is 2.56. The fourth-order valence-electron chi connectivity index (χ4n) is 2.04. The molecule has 0 heterocycles. The smallest absolute Gasteiger partial charge is 0.203 e. The van der Waals surface area contributed by atoms with Crippen LogP contribution in [0.2, 0.25) is 5.02 Å². The van der Waals surface area contributed by atoms with E-state index in [0.717, 1.165) is 11.3 Å². The zero-order valence-corrected chi connectivity index (χ0v) is 13.0. The Morgan fingerprint density at radius 3 is 2.09 bits per heavy atom. The van der Waals surface area contributed by atoms with Gasteiger partial charge in [0.15, 0.2) is 0 Å². The summed E-state index contributed by atoms with van der Waals surface area (Å²) in [6.45, 7) is 1.76. The van der Waals surface area contributed by atoms with Gasteiger partial charge in [0.2, 0.25) is 5.78 Å². The summed E-state index contributed by atoms with van der Waals surface area (Å²) in [5, 5.41) is 9.91. The maximum Gasteiger partial charge on any atom is 0.203 e. The van der Waals surface area contributed by atoms with E-state index in [1.165, 1.54) is 0 Å². The van der Waals surface area contributed by atoms with Crippen molar-refractivity contribution in [2.45, 2.75) is 6.92 Å². The van der Waals surface area contributed by atoms with Crippen molar-refractivity contribution < 1.29 is 9.53 Å². The highest BCUT2D eigenvalue weighted by atomic mass is 35.5. The van der Waals surface area contributed by atoms with Gasteiger partial charge in [0, 0.05) is 10.6 Å². The van der Waals surface area contributed by atoms with Crippen LogP contribution < -0.4 is 4.74 Å². The Morgan fingerprint density at radius 1 is 1.05 bits per heavy atom. The zero-order valence-electron chi connectivity index (χ0n) is 12.3. The monoisotopic (exact) mass is 311 g/mol. The van der Waals surface area contributed by atoms with Crippen LogP contribution in [0.25, 0.3) is 5.57 Å². The number of carbonyl (C=O) groups excluding carboxylic acids is 1. The molecule has 2 aromatic carbocycles. The molecule has 0 spiro atoms. The molecule has 4 heteroatoms. The van der Waals surface area contributed by atoms with Crippen molar-refractivity contribution in [3.8, 4) is 11.8 Å². The molecule has 2 rings (SSSR count). The van der Waals surface area contributed by atoms with Crippen LogP contribution in [0, 0.1) is 11.3 Å². The molecule has 0 fully saturated rings. The van der Waals surface area contributed by atoms with Crippen LogP contribution in [-0.4, -0.2) is 12.9 Å². The Kier molecular flexibility index (Phi) is 4.98. The van der Waals surface area contributed by atoms with Gasteiger partial charge >= 0.3 is 0 Å². The first-order valence-corrected chi connectivity index (χ1v) is 7.00. The molecule has 0 saturated heterocycles. The molecule has 3 nitrogen and oxygen atoms in total. The van der Waals surface area contributed by atoms with E-state index in [4.69, 9.17) is 16.3 Å². The lowest BCUT2D eigenvalue weighted by Gasteiger charge is -2.07. The topological polar surface area (TPSA) is 50.1 Å². The van der Waals surface area contributed by atoms with E-state index >= 15 is 0 Å². The number of hydrogen-bond acceptors (Lipinski definition) is 3. The Balaban J connectivity index is 2.41. The zero-order chi connectivity index (χ0) is 16.1. The second kappa shape index (κ2) is 6.93. The number of nitriles is 1. The van der Waals surface area contributed by atoms with Crippen molar-refractivity contribution in [3.05, 3.63) is 70.3 Å². The minimum Gasteiger partial charge on any atom is -0.497 e. The number of Topliss-reactive ketones (excluding diaryl/α,β-unsaturated/α-hetero) is 1. The summed E-state index contributed by atoms with van der Waals surface area (Å²) in [6, 6.07) is 15.7. The summed E-state index contributed by atoms with van der Waals surface area (Å²) >= 11 is 5.82. The summed E-state index contributed by atoms with van der Waals surface area (Å²) in [5.41, 5.74) is 1.99. The SMILES string of the molecule is COc1ccc(/C(C)=C(/C#N)C(=O)c2ccc(Cl)cc2)cc1. The third-order valence-corrected chi connectivity index (χ3v) is 3.60. The third kappa shape index (κ3) is 3.36. The highest BCUT2D eigenvalue weighted by Crippen LogP contribution is 2.23. The molecule has 110 valence electrons. The summed E-state index contributed by atoms with van der Waals surface area (Å²) < 4.78 is 5.10. The van der Waals surface area contributed by atoms with E-state index in [9.17, 15) is 10.1 Å². The van der Waals surface area contributed by atoms with Crippen molar-refractivity contribution in [2.24, 2.45) is 0 Å². The van der Waals surface area contributed by atoms with Crippen molar-refractivity contribution >= 4 is 23.0 Å². The van der Waals surface area contributed by atoms with Crippen LogP contribution in [-0.2, 0) is 0 Å². The Bertz CT molecular complexity index is 753. The second-order valence-electron chi connectivity index (χ2n) is 4.68. The number of nitrogens with zero attached hydrogens (tertiary/aromatic N) is 1. The molecule has 0 bridgehead atoms. The third-order valence-electron chi connectivity index (χ3n) is 3.34. The van der Waals surface area contributed by atoms with Crippen LogP contribution >= 0.6 is 11.6 Å². The highest BCUT2D eigenvalue weighted by Gasteiger charge is 2.16. The number of methoxy groups -OCH3 is 1. The predicted molar refractivity (Wildman–Crippen MR) is 87.0 cm³/mol. The van der Waals surface area contributed by atoms with Gasteiger partial charge in [-0.2, -0.15) is 5.26 Å². The molecule has 2 aromatic rings. The van der Waals surface area contributed by atoms with Crippen molar-refractivity contribution in [1.29, 1.82) is 5.26 Å². The van der Waals surface area contributed by atoms with Crippen LogP contribution in [0.15, 0.2) is 54.1 Å². The van der Waals surface area contributed by atoms with Gasteiger partial charge in [-0.3, -0.25) is 4.79 Å². The number of ketones is 1. The molecular formula is C18H14ClNO2. The molecule has 0 saturated carbocycles. The molecule has 0 aliphatic heterocycles. The Morgan fingerprint density at radius 2 is 1.59 bits per heavy atom. The number of allylic oxidation sites excluding steroid dienone is 2. The van der Waals surface area contributed by atoms with Gasteiger partial charge in [0.1, 0.15) is 17.4 Å². The maximum atomic E-state index is 12.5. The van der Waals surface area contributed by atoms with E-state index in [0.29, 0.717) is 16.2 Å². The quantitative estimate of drug-likeness (QED) is 0.473. The van der Waals surface area contributed by atoms with Crippen LogP contribution in [0.5, 0.6) is 5.75 Å². The average molecular weight is 312 g/mol. The fraction of sp³-hybridized carbons (Fsp3) is 0.111.